The molecule has 4 rings (SSSR count). The molecule has 0 N–H and O–H groups in total. The van der Waals surface area contributed by atoms with Gasteiger partial charge in [0.1, 0.15) is 18.1 Å². The van der Waals surface area contributed by atoms with Gasteiger partial charge in [-0.25, -0.2) is 0 Å². The maximum Gasteiger partial charge on any atom is 0.417 e. The Labute approximate surface area is 192 Å². The number of likely N-dealkylation sites (tertiary alicyclic amines) is 1. The Morgan fingerprint density at radius 2 is 2.00 bits per heavy atom. The van der Waals surface area contributed by atoms with Gasteiger partial charge < -0.3 is 4.74 Å². The first-order valence-corrected chi connectivity index (χ1v) is 11.3. The van der Waals surface area contributed by atoms with Gasteiger partial charge in [0.15, 0.2) is 5.78 Å². The molecule has 1 aliphatic heterocycles. The summed E-state index contributed by atoms with van der Waals surface area (Å²) in [6.07, 6.45) is -0.328. The number of Topliss-reactive ketones (excluding diaryl/α,β-unsaturated/α-hetero) is 1. The molecule has 1 aliphatic carbocycles. The number of hydrogen-bond acceptors (Lipinski definition) is 4. The van der Waals surface area contributed by atoms with Crippen LogP contribution in [0.3, 0.4) is 0 Å². The smallest absolute Gasteiger partial charge is 0.417 e. The number of fused-ring (bicyclic) bond motifs is 2. The quantitative estimate of drug-likeness (QED) is 0.381. The van der Waals surface area contributed by atoms with Crippen LogP contribution in [0.15, 0.2) is 43.1 Å². The number of alkyl halides is 3. The zero-order valence-corrected chi connectivity index (χ0v) is 19.2. The summed E-state index contributed by atoms with van der Waals surface area (Å²) in [4.78, 5) is 19.3. The van der Waals surface area contributed by atoms with Gasteiger partial charge in [0.25, 0.3) is 0 Å². The van der Waals surface area contributed by atoms with Crippen LogP contribution in [0.2, 0.25) is 0 Å². The highest BCUT2D eigenvalue weighted by atomic mass is 19.4. The fourth-order valence-corrected chi connectivity index (χ4v) is 5.43. The van der Waals surface area contributed by atoms with E-state index in [4.69, 9.17) is 4.74 Å². The summed E-state index contributed by atoms with van der Waals surface area (Å²) < 4.78 is 44.1. The lowest BCUT2D eigenvalue weighted by Gasteiger charge is -2.36. The minimum atomic E-state index is -4.45. The second-order valence-corrected chi connectivity index (χ2v) is 9.16. The van der Waals surface area contributed by atoms with E-state index in [0.29, 0.717) is 6.61 Å². The van der Waals surface area contributed by atoms with Gasteiger partial charge in [0.05, 0.1) is 5.56 Å². The Bertz CT molecular complexity index is 1050. The number of benzene rings is 1. The van der Waals surface area contributed by atoms with Crippen LogP contribution in [-0.4, -0.2) is 34.9 Å². The Balaban J connectivity index is 1.45. The van der Waals surface area contributed by atoms with Gasteiger partial charge in [0, 0.05) is 30.7 Å². The molecule has 1 saturated heterocycles. The minimum absolute atomic E-state index is 0.127. The number of hydrogen-bond donors (Lipinski definition) is 0. The summed E-state index contributed by atoms with van der Waals surface area (Å²) in [5, 5.41) is 0. The van der Waals surface area contributed by atoms with Crippen molar-refractivity contribution in [1.82, 2.24) is 9.88 Å². The fourth-order valence-electron chi connectivity index (χ4n) is 5.43. The van der Waals surface area contributed by atoms with Gasteiger partial charge in [-0.05, 0) is 74.4 Å². The van der Waals surface area contributed by atoms with E-state index in [1.54, 1.807) is 6.08 Å². The molecule has 2 bridgehead atoms. The van der Waals surface area contributed by atoms with Gasteiger partial charge >= 0.3 is 6.18 Å². The zero-order chi connectivity index (χ0) is 23.9. The Hall–Kier alpha value is -2.67. The lowest BCUT2D eigenvalue weighted by Crippen LogP contribution is -2.39. The van der Waals surface area contributed by atoms with Crippen LogP contribution in [0.4, 0.5) is 13.2 Å². The van der Waals surface area contributed by atoms with Crippen molar-refractivity contribution < 1.29 is 22.7 Å². The number of aromatic nitrogens is 1. The average Bonchev–Trinajstić information content (AvgIpc) is 3.40. The number of halogens is 3. The van der Waals surface area contributed by atoms with Crippen molar-refractivity contribution >= 4 is 5.78 Å². The maximum atomic E-state index is 13.0. The number of ketones is 1. The number of nitrogens with zero attached hydrogens (tertiary/aromatic N) is 2. The van der Waals surface area contributed by atoms with Crippen molar-refractivity contribution in [2.75, 3.05) is 13.2 Å². The van der Waals surface area contributed by atoms with Crippen molar-refractivity contribution in [3.8, 4) is 5.75 Å². The van der Waals surface area contributed by atoms with Crippen LogP contribution in [0.1, 0.15) is 58.5 Å². The predicted molar refractivity (Wildman–Crippen MR) is 120 cm³/mol. The highest BCUT2D eigenvalue weighted by molar-refractivity contribution is 5.96. The zero-order valence-electron chi connectivity index (χ0n) is 19.2. The van der Waals surface area contributed by atoms with Gasteiger partial charge in [-0.3, -0.25) is 14.7 Å². The monoisotopic (exact) mass is 458 g/mol. The van der Waals surface area contributed by atoms with Crippen LogP contribution >= 0.6 is 0 Å². The standard InChI is InChI=1S/C26H29F3N2O2/c1-5-10-33-24-9-7-21(15(2)16(24)3)17(4)31-14-18-11-20(31)12-22(18)25(32)23-8-6-19(13-30-23)26(27,28)29/h5-9,13,17-18,20,22H,1,10-12,14H2,2-4H3/t17-,18-,20-,22?/m0/s1. The number of ether oxygens (including phenoxy) is 1. The molecule has 4 atom stereocenters. The van der Waals surface area contributed by atoms with Crippen LogP contribution in [-0.2, 0) is 6.18 Å². The van der Waals surface area contributed by atoms with E-state index >= 15 is 0 Å². The normalized spacial score (nSPS) is 23.5. The molecule has 1 aromatic heterocycles. The molecule has 0 spiro atoms. The first-order chi connectivity index (χ1) is 15.6. The molecule has 7 heteroatoms. The third-order valence-corrected chi connectivity index (χ3v) is 7.35. The van der Waals surface area contributed by atoms with E-state index in [1.165, 1.54) is 17.2 Å². The van der Waals surface area contributed by atoms with Crippen molar-refractivity contribution in [2.24, 2.45) is 11.8 Å². The number of carbonyl (C=O) groups is 1. The molecular formula is C26H29F3N2O2. The van der Waals surface area contributed by atoms with E-state index in [9.17, 15) is 18.0 Å². The Kier molecular flexibility index (Phi) is 6.36. The van der Waals surface area contributed by atoms with Gasteiger partial charge in [-0.1, -0.05) is 18.7 Å². The van der Waals surface area contributed by atoms with E-state index in [1.807, 2.05) is 6.07 Å². The van der Waals surface area contributed by atoms with Gasteiger partial charge in [0.2, 0.25) is 0 Å². The SMILES string of the molecule is C=CCOc1ccc([C@H](C)N2C[C@@H]3C[C@H]2CC3C(=O)c2ccc(C(F)(F)F)cn2)c(C)c1C. The summed E-state index contributed by atoms with van der Waals surface area (Å²) in [6, 6.07) is 6.76. The number of pyridine rings is 1. The fraction of sp³-hybridized carbons (Fsp3) is 0.462. The van der Waals surface area contributed by atoms with E-state index < -0.39 is 11.7 Å². The molecule has 0 radical (unpaired) electrons. The number of carbonyl (C=O) groups excluding carboxylic acids is 1. The lowest BCUT2D eigenvalue weighted by molar-refractivity contribution is -0.137. The molecule has 0 amide bonds. The predicted octanol–water partition coefficient (Wildman–Crippen LogP) is 5.94. The second-order valence-electron chi connectivity index (χ2n) is 9.16. The van der Waals surface area contributed by atoms with E-state index in [-0.39, 0.29) is 35.4 Å². The third-order valence-electron chi connectivity index (χ3n) is 7.35. The number of piperidine rings is 1. The first kappa shape index (κ1) is 23.5. The number of rotatable bonds is 7. The van der Waals surface area contributed by atoms with E-state index in [0.717, 1.165) is 43.0 Å². The summed E-state index contributed by atoms with van der Waals surface area (Å²) in [6.45, 7) is 11.3. The first-order valence-electron chi connectivity index (χ1n) is 11.3. The van der Waals surface area contributed by atoms with E-state index in [2.05, 4.69) is 43.3 Å². The molecule has 1 saturated carbocycles. The highest BCUT2D eigenvalue weighted by Crippen LogP contribution is 2.47. The highest BCUT2D eigenvalue weighted by Gasteiger charge is 2.49. The summed E-state index contributed by atoms with van der Waals surface area (Å²) >= 11 is 0. The average molecular weight is 459 g/mol. The molecule has 4 nitrogen and oxygen atoms in total. The van der Waals surface area contributed by atoms with Crippen LogP contribution in [0.5, 0.6) is 5.75 Å². The van der Waals surface area contributed by atoms with Crippen LogP contribution in [0, 0.1) is 25.7 Å². The van der Waals surface area contributed by atoms with Gasteiger partial charge in [-0.15, -0.1) is 0 Å². The Morgan fingerprint density at radius 1 is 1.24 bits per heavy atom. The molecule has 2 fully saturated rings. The van der Waals surface area contributed by atoms with Crippen molar-refractivity contribution in [3.63, 3.8) is 0 Å². The minimum Gasteiger partial charge on any atom is -0.489 e. The molecular weight excluding hydrogens is 429 g/mol. The third kappa shape index (κ3) is 4.43. The van der Waals surface area contributed by atoms with Gasteiger partial charge in [-0.2, -0.15) is 13.2 Å². The molecule has 2 aromatic rings. The second kappa shape index (κ2) is 8.93. The maximum absolute atomic E-state index is 13.0. The van der Waals surface area contributed by atoms with Crippen molar-refractivity contribution in [3.05, 3.63) is 71.1 Å². The molecule has 1 aromatic carbocycles. The van der Waals surface area contributed by atoms with Crippen molar-refractivity contribution in [2.45, 2.75) is 51.9 Å². The summed E-state index contributed by atoms with van der Waals surface area (Å²) in [5.41, 5.74) is 2.86. The lowest BCUT2D eigenvalue weighted by atomic mass is 9.87. The largest absolute Gasteiger partial charge is 0.489 e. The van der Waals surface area contributed by atoms with Crippen molar-refractivity contribution in [1.29, 1.82) is 0 Å². The summed E-state index contributed by atoms with van der Waals surface area (Å²) in [5.74, 6) is 0.742. The van der Waals surface area contributed by atoms with Crippen LogP contribution in [0.25, 0.3) is 0 Å². The summed E-state index contributed by atoms with van der Waals surface area (Å²) in [7, 11) is 0. The molecule has 1 unspecified atom stereocenters. The van der Waals surface area contributed by atoms with Crippen LogP contribution < -0.4 is 4.74 Å². The molecule has 2 aliphatic rings. The molecule has 176 valence electrons. The Morgan fingerprint density at radius 3 is 2.58 bits per heavy atom. The topological polar surface area (TPSA) is 42.4 Å². The molecule has 33 heavy (non-hydrogen) atoms. The molecule has 2 heterocycles.